The van der Waals surface area contributed by atoms with E-state index in [1.165, 1.54) is 24.3 Å². The van der Waals surface area contributed by atoms with Crippen molar-refractivity contribution in [1.29, 1.82) is 0 Å². The Morgan fingerprint density at radius 1 is 1.16 bits per heavy atom. The van der Waals surface area contributed by atoms with Crippen LogP contribution in [0.1, 0.15) is 0 Å². The third kappa shape index (κ3) is 3.16. The van der Waals surface area contributed by atoms with Crippen molar-refractivity contribution in [2.24, 2.45) is 0 Å². The van der Waals surface area contributed by atoms with Gasteiger partial charge in [0.25, 0.3) is 0 Å². The maximum atomic E-state index is 13.1. The summed E-state index contributed by atoms with van der Waals surface area (Å²) in [5.41, 5.74) is 1.46. The van der Waals surface area contributed by atoms with E-state index in [1.54, 1.807) is 12.1 Å². The normalized spacial score (nSPS) is 10.3. The van der Waals surface area contributed by atoms with Gasteiger partial charge in [-0.2, -0.15) is 0 Å². The summed E-state index contributed by atoms with van der Waals surface area (Å²) >= 11 is 11.5. The van der Waals surface area contributed by atoms with Crippen LogP contribution in [0.15, 0.2) is 36.4 Å². The molecule has 98 valence electrons. The maximum Gasteiger partial charge on any atom is 0.409 e. The maximum absolute atomic E-state index is 13.1. The third-order valence-corrected chi connectivity index (χ3v) is 2.98. The van der Waals surface area contributed by atoms with Crippen molar-refractivity contribution in [3.63, 3.8) is 0 Å². The van der Waals surface area contributed by atoms with Crippen LogP contribution in [-0.2, 0) is 0 Å². The average molecular weight is 300 g/mol. The second kappa shape index (κ2) is 5.47. The molecule has 2 N–H and O–H groups in total. The SMILES string of the molecule is O=C(O)Nc1cc(Cl)ccc1-c1ccc(F)c(Cl)c1. The summed E-state index contributed by atoms with van der Waals surface area (Å²) in [6.07, 6.45) is -1.21. The molecule has 0 aromatic heterocycles. The lowest BCUT2D eigenvalue weighted by Crippen LogP contribution is -2.08. The molecule has 0 saturated heterocycles. The van der Waals surface area contributed by atoms with Gasteiger partial charge in [0.15, 0.2) is 0 Å². The summed E-state index contributed by atoms with van der Waals surface area (Å²) in [7, 11) is 0. The number of hydrogen-bond acceptors (Lipinski definition) is 1. The van der Waals surface area contributed by atoms with Crippen molar-refractivity contribution in [2.75, 3.05) is 5.32 Å². The van der Waals surface area contributed by atoms with Gasteiger partial charge in [-0.05, 0) is 29.8 Å². The molecule has 0 radical (unpaired) electrons. The van der Waals surface area contributed by atoms with E-state index in [2.05, 4.69) is 5.32 Å². The number of anilines is 1. The van der Waals surface area contributed by atoms with E-state index in [-0.39, 0.29) is 5.02 Å². The van der Waals surface area contributed by atoms with E-state index in [0.29, 0.717) is 21.8 Å². The predicted octanol–water partition coefficient (Wildman–Crippen LogP) is 4.89. The first-order chi connectivity index (χ1) is 8.97. The summed E-state index contributed by atoms with van der Waals surface area (Å²) < 4.78 is 13.1. The number of amides is 1. The number of carbonyl (C=O) groups is 1. The van der Waals surface area contributed by atoms with Gasteiger partial charge in [-0.1, -0.05) is 35.3 Å². The molecule has 19 heavy (non-hydrogen) atoms. The molecule has 2 rings (SSSR count). The molecule has 2 aromatic rings. The Morgan fingerprint density at radius 2 is 1.89 bits per heavy atom. The summed E-state index contributed by atoms with van der Waals surface area (Å²) in [5.74, 6) is -0.535. The molecular formula is C13H8Cl2FNO2. The quantitative estimate of drug-likeness (QED) is 0.829. The van der Waals surface area contributed by atoms with Crippen molar-refractivity contribution in [1.82, 2.24) is 0 Å². The molecule has 3 nitrogen and oxygen atoms in total. The van der Waals surface area contributed by atoms with E-state index in [4.69, 9.17) is 28.3 Å². The Kier molecular flexibility index (Phi) is 3.93. The minimum Gasteiger partial charge on any atom is -0.465 e. The first-order valence-corrected chi connectivity index (χ1v) is 5.98. The number of nitrogens with one attached hydrogen (secondary N) is 1. The fraction of sp³-hybridized carbons (Fsp3) is 0. The van der Waals surface area contributed by atoms with Gasteiger partial charge in [0.05, 0.1) is 10.7 Å². The van der Waals surface area contributed by atoms with E-state index in [9.17, 15) is 9.18 Å². The fourth-order valence-electron chi connectivity index (χ4n) is 1.65. The molecule has 0 fully saturated rings. The summed E-state index contributed by atoms with van der Waals surface area (Å²) in [5, 5.41) is 11.4. The molecule has 0 unspecified atom stereocenters. The summed E-state index contributed by atoms with van der Waals surface area (Å²) in [6.45, 7) is 0. The van der Waals surface area contributed by atoms with Crippen molar-refractivity contribution in [2.45, 2.75) is 0 Å². The van der Waals surface area contributed by atoms with Crippen LogP contribution in [-0.4, -0.2) is 11.2 Å². The van der Waals surface area contributed by atoms with Crippen LogP contribution in [0.4, 0.5) is 14.9 Å². The molecule has 2 aromatic carbocycles. The van der Waals surface area contributed by atoms with Gasteiger partial charge in [0.2, 0.25) is 0 Å². The van der Waals surface area contributed by atoms with Crippen molar-refractivity contribution < 1.29 is 14.3 Å². The number of halogens is 3. The monoisotopic (exact) mass is 299 g/mol. The Morgan fingerprint density at radius 3 is 2.53 bits per heavy atom. The molecule has 0 heterocycles. The van der Waals surface area contributed by atoms with Gasteiger partial charge >= 0.3 is 6.09 Å². The van der Waals surface area contributed by atoms with E-state index >= 15 is 0 Å². The minimum absolute atomic E-state index is 0.0336. The van der Waals surface area contributed by atoms with Crippen molar-refractivity contribution in [3.05, 3.63) is 52.3 Å². The van der Waals surface area contributed by atoms with Crippen LogP contribution in [0, 0.1) is 5.82 Å². The highest BCUT2D eigenvalue weighted by Crippen LogP contribution is 2.32. The molecule has 0 aliphatic heterocycles. The zero-order valence-electron chi connectivity index (χ0n) is 9.45. The standard InChI is InChI=1S/C13H8Cl2FNO2/c14-8-2-3-9(12(6-8)17-13(18)19)7-1-4-11(16)10(15)5-7/h1-6,17H,(H,18,19). The number of rotatable bonds is 2. The highest BCUT2D eigenvalue weighted by Gasteiger charge is 2.10. The molecule has 0 aliphatic rings. The Balaban J connectivity index is 2.54. The largest absolute Gasteiger partial charge is 0.465 e. The minimum atomic E-state index is -1.21. The lowest BCUT2D eigenvalue weighted by molar-refractivity contribution is 0.210. The van der Waals surface area contributed by atoms with Crippen molar-refractivity contribution in [3.8, 4) is 11.1 Å². The van der Waals surface area contributed by atoms with Gasteiger partial charge in [0.1, 0.15) is 5.82 Å². The zero-order chi connectivity index (χ0) is 14.0. The first kappa shape index (κ1) is 13.6. The van der Waals surface area contributed by atoms with Crippen LogP contribution in [0.5, 0.6) is 0 Å². The highest BCUT2D eigenvalue weighted by molar-refractivity contribution is 6.31. The fourth-order valence-corrected chi connectivity index (χ4v) is 2.00. The average Bonchev–Trinajstić information content (AvgIpc) is 2.32. The van der Waals surface area contributed by atoms with E-state index in [0.717, 1.165) is 0 Å². The van der Waals surface area contributed by atoms with E-state index < -0.39 is 11.9 Å². The molecule has 0 atom stereocenters. The molecule has 6 heteroatoms. The number of hydrogen-bond donors (Lipinski definition) is 2. The summed E-state index contributed by atoms with van der Waals surface area (Å²) in [6, 6.07) is 8.88. The van der Waals surface area contributed by atoms with Crippen LogP contribution in [0.3, 0.4) is 0 Å². The smallest absolute Gasteiger partial charge is 0.409 e. The van der Waals surface area contributed by atoms with Crippen LogP contribution in [0.25, 0.3) is 11.1 Å². The molecular weight excluding hydrogens is 292 g/mol. The Hall–Kier alpha value is -1.78. The predicted molar refractivity (Wildman–Crippen MR) is 73.5 cm³/mol. The zero-order valence-corrected chi connectivity index (χ0v) is 11.0. The Bertz CT molecular complexity index is 647. The molecule has 0 spiro atoms. The van der Waals surface area contributed by atoms with Gasteiger partial charge in [-0.15, -0.1) is 0 Å². The number of benzene rings is 2. The second-order valence-corrected chi connectivity index (χ2v) is 4.59. The van der Waals surface area contributed by atoms with Gasteiger partial charge in [-0.3, -0.25) is 5.32 Å². The number of carboxylic acid groups (broad SMARTS) is 1. The van der Waals surface area contributed by atoms with Crippen molar-refractivity contribution >= 4 is 35.0 Å². The topological polar surface area (TPSA) is 49.3 Å². The third-order valence-electron chi connectivity index (χ3n) is 2.45. The molecule has 0 aliphatic carbocycles. The van der Waals surface area contributed by atoms with Crippen LogP contribution >= 0.6 is 23.2 Å². The van der Waals surface area contributed by atoms with Crippen LogP contribution < -0.4 is 5.32 Å². The lowest BCUT2D eigenvalue weighted by atomic mass is 10.0. The van der Waals surface area contributed by atoms with Crippen LogP contribution in [0.2, 0.25) is 10.0 Å². The highest BCUT2D eigenvalue weighted by atomic mass is 35.5. The second-order valence-electron chi connectivity index (χ2n) is 3.75. The Labute approximate surface area is 118 Å². The molecule has 0 saturated carbocycles. The molecule has 0 bridgehead atoms. The van der Waals surface area contributed by atoms with E-state index in [1.807, 2.05) is 0 Å². The van der Waals surface area contributed by atoms with Gasteiger partial charge in [-0.25, -0.2) is 9.18 Å². The van der Waals surface area contributed by atoms with Gasteiger partial charge in [0, 0.05) is 10.6 Å². The first-order valence-electron chi connectivity index (χ1n) is 5.22. The summed E-state index contributed by atoms with van der Waals surface area (Å²) in [4.78, 5) is 10.7. The van der Waals surface area contributed by atoms with Gasteiger partial charge < -0.3 is 5.11 Å². The molecule has 1 amide bonds. The lowest BCUT2D eigenvalue weighted by Gasteiger charge is -2.10.